The molecule has 2 heterocycles. The molecule has 0 saturated carbocycles. The highest BCUT2D eigenvalue weighted by molar-refractivity contribution is 7.90. The Balaban J connectivity index is 1.49. The van der Waals surface area contributed by atoms with E-state index in [0.29, 0.717) is 16.6 Å². The van der Waals surface area contributed by atoms with Crippen molar-refractivity contribution in [2.75, 3.05) is 34.4 Å². The van der Waals surface area contributed by atoms with Gasteiger partial charge in [0.1, 0.15) is 0 Å². The molecule has 0 radical (unpaired) electrons. The van der Waals surface area contributed by atoms with Gasteiger partial charge in [-0.25, -0.2) is 8.42 Å². The van der Waals surface area contributed by atoms with Gasteiger partial charge in [0, 0.05) is 23.6 Å². The number of piperidine rings is 1. The van der Waals surface area contributed by atoms with Crippen molar-refractivity contribution in [3.05, 3.63) is 88.5 Å². The van der Waals surface area contributed by atoms with Gasteiger partial charge in [0.2, 0.25) is 0 Å². The Morgan fingerprint density at radius 1 is 0.972 bits per heavy atom. The first kappa shape index (κ1) is 24.5. The van der Waals surface area contributed by atoms with Crippen molar-refractivity contribution < 1.29 is 17.9 Å². The van der Waals surface area contributed by atoms with Gasteiger partial charge < -0.3 is 14.4 Å². The summed E-state index contributed by atoms with van der Waals surface area (Å²) < 4.78 is 37.1. The van der Waals surface area contributed by atoms with Crippen molar-refractivity contribution in [3.63, 3.8) is 0 Å². The van der Waals surface area contributed by atoms with E-state index in [4.69, 9.17) is 14.5 Å². The molecule has 0 spiro atoms. The zero-order valence-corrected chi connectivity index (χ0v) is 22.0. The van der Waals surface area contributed by atoms with E-state index in [-0.39, 0.29) is 11.8 Å². The summed E-state index contributed by atoms with van der Waals surface area (Å²) in [5, 5.41) is 0. The van der Waals surface area contributed by atoms with Gasteiger partial charge in [-0.1, -0.05) is 42.0 Å². The SMILES string of the molecule is COc1cc2c(cc1OC)[C@@H]1CN(C)CC[C@@H]1N=C2c1ccc(CS(=O)(=O)c2ccc(C)cc2)cc1. The Labute approximate surface area is 213 Å². The number of rotatable bonds is 6. The van der Waals surface area contributed by atoms with Crippen LogP contribution < -0.4 is 9.47 Å². The van der Waals surface area contributed by atoms with Crippen molar-refractivity contribution in [3.8, 4) is 11.5 Å². The zero-order valence-electron chi connectivity index (χ0n) is 21.2. The van der Waals surface area contributed by atoms with E-state index in [1.165, 1.54) is 5.56 Å². The molecule has 1 saturated heterocycles. The first-order valence-electron chi connectivity index (χ1n) is 12.2. The van der Waals surface area contributed by atoms with E-state index in [2.05, 4.69) is 18.0 Å². The predicted molar refractivity (Wildman–Crippen MR) is 142 cm³/mol. The summed E-state index contributed by atoms with van der Waals surface area (Å²) in [5.41, 5.74) is 5.94. The second-order valence-corrected chi connectivity index (χ2v) is 11.8. The fourth-order valence-electron chi connectivity index (χ4n) is 5.24. The first-order valence-corrected chi connectivity index (χ1v) is 13.9. The molecular formula is C29H32N2O4S. The topological polar surface area (TPSA) is 68.2 Å². The quantitative estimate of drug-likeness (QED) is 0.490. The summed E-state index contributed by atoms with van der Waals surface area (Å²) in [6, 6.07) is 19.1. The van der Waals surface area contributed by atoms with Crippen LogP contribution in [-0.4, -0.2) is 59.4 Å². The number of likely N-dealkylation sites (N-methyl/N-ethyl adjacent to an activating group) is 1. The number of hydrogen-bond acceptors (Lipinski definition) is 6. The fraction of sp³-hybridized carbons (Fsp3) is 0.345. The highest BCUT2D eigenvalue weighted by atomic mass is 32.2. The molecule has 6 nitrogen and oxygen atoms in total. The Hall–Kier alpha value is -3.16. The number of nitrogens with zero attached hydrogens (tertiary/aromatic N) is 2. The Bertz CT molecular complexity index is 1400. The molecule has 2 aliphatic heterocycles. The Morgan fingerprint density at radius 2 is 1.64 bits per heavy atom. The molecule has 0 N–H and O–H groups in total. The lowest BCUT2D eigenvalue weighted by atomic mass is 9.79. The van der Waals surface area contributed by atoms with E-state index >= 15 is 0 Å². The van der Waals surface area contributed by atoms with Crippen molar-refractivity contribution in [1.29, 1.82) is 0 Å². The predicted octanol–water partition coefficient (Wildman–Crippen LogP) is 4.62. The third-order valence-corrected chi connectivity index (χ3v) is 8.95. The minimum Gasteiger partial charge on any atom is -0.493 e. The summed E-state index contributed by atoms with van der Waals surface area (Å²) in [6.07, 6.45) is 0.991. The Morgan fingerprint density at radius 3 is 2.31 bits per heavy atom. The molecule has 0 bridgehead atoms. The lowest BCUT2D eigenvalue weighted by Gasteiger charge is -2.39. The van der Waals surface area contributed by atoms with E-state index in [1.807, 2.05) is 49.4 Å². The van der Waals surface area contributed by atoms with Gasteiger partial charge in [-0.2, -0.15) is 0 Å². The number of hydrogen-bond donors (Lipinski definition) is 0. The standard InChI is InChI=1S/C29H32N2O4S/c1-19-5-11-22(12-6-19)36(32,33)18-20-7-9-21(10-8-20)29-24-16-28(35-4)27(34-3)15-23(24)25-17-31(2)14-13-26(25)30-29/h5-12,15-16,25-26H,13-14,17-18H2,1-4H3/t25-,26-/m0/s1. The fourth-order valence-corrected chi connectivity index (χ4v) is 6.59. The molecule has 0 unspecified atom stereocenters. The van der Waals surface area contributed by atoms with Crippen molar-refractivity contribution in [2.45, 2.75) is 36.0 Å². The van der Waals surface area contributed by atoms with E-state index < -0.39 is 9.84 Å². The summed E-state index contributed by atoms with van der Waals surface area (Å²) in [6.45, 7) is 3.90. The highest BCUT2D eigenvalue weighted by Gasteiger charge is 2.36. The number of fused-ring (bicyclic) bond motifs is 3. The average molecular weight is 505 g/mol. The van der Waals surface area contributed by atoms with E-state index in [9.17, 15) is 8.42 Å². The third-order valence-electron chi connectivity index (χ3n) is 7.25. The summed E-state index contributed by atoms with van der Waals surface area (Å²) in [5.74, 6) is 1.65. The molecule has 0 amide bonds. The molecule has 36 heavy (non-hydrogen) atoms. The van der Waals surface area contributed by atoms with Gasteiger partial charge in [0.25, 0.3) is 0 Å². The van der Waals surface area contributed by atoms with Crippen LogP contribution in [0.5, 0.6) is 11.5 Å². The second-order valence-electron chi connectivity index (χ2n) is 9.77. The smallest absolute Gasteiger partial charge is 0.182 e. The number of ether oxygens (including phenoxy) is 2. The maximum atomic E-state index is 12.9. The molecule has 0 aliphatic carbocycles. The maximum Gasteiger partial charge on any atom is 0.182 e. The van der Waals surface area contributed by atoms with Crippen LogP contribution in [0.25, 0.3) is 0 Å². The minimum atomic E-state index is -3.42. The molecule has 188 valence electrons. The van der Waals surface area contributed by atoms with Gasteiger partial charge in [-0.15, -0.1) is 0 Å². The zero-order chi connectivity index (χ0) is 25.4. The monoisotopic (exact) mass is 504 g/mol. The van der Waals surface area contributed by atoms with Crippen molar-refractivity contribution in [1.82, 2.24) is 4.90 Å². The number of aliphatic imine (C=N–C) groups is 1. The van der Waals surface area contributed by atoms with Crippen LogP contribution in [0.1, 0.15) is 40.2 Å². The first-order chi connectivity index (χ1) is 17.3. The molecular weight excluding hydrogens is 472 g/mol. The number of benzene rings is 3. The number of aryl methyl sites for hydroxylation is 1. The third kappa shape index (κ3) is 4.65. The molecule has 3 aromatic rings. The second kappa shape index (κ2) is 9.71. The Kier molecular flexibility index (Phi) is 6.62. The summed E-state index contributed by atoms with van der Waals surface area (Å²) >= 11 is 0. The lowest BCUT2D eigenvalue weighted by molar-refractivity contribution is 0.227. The van der Waals surface area contributed by atoms with Gasteiger partial charge in [0.05, 0.1) is 36.6 Å². The van der Waals surface area contributed by atoms with Gasteiger partial charge in [-0.3, -0.25) is 4.99 Å². The van der Waals surface area contributed by atoms with Crippen LogP contribution in [0.15, 0.2) is 70.6 Å². The van der Waals surface area contributed by atoms with Gasteiger partial charge >= 0.3 is 0 Å². The largest absolute Gasteiger partial charge is 0.493 e. The molecule has 5 rings (SSSR count). The summed E-state index contributed by atoms with van der Waals surface area (Å²) in [7, 11) is 2.04. The van der Waals surface area contributed by atoms with Gasteiger partial charge in [-0.05, 0) is 62.3 Å². The molecule has 2 atom stereocenters. The minimum absolute atomic E-state index is 0.0402. The molecule has 3 aromatic carbocycles. The molecule has 2 aliphatic rings. The molecule has 1 fully saturated rings. The van der Waals surface area contributed by atoms with Crippen LogP contribution in [0.2, 0.25) is 0 Å². The van der Waals surface area contributed by atoms with E-state index in [0.717, 1.165) is 53.2 Å². The number of methoxy groups -OCH3 is 2. The average Bonchev–Trinajstić information content (AvgIpc) is 2.88. The van der Waals surface area contributed by atoms with Gasteiger partial charge in [0.15, 0.2) is 21.3 Å². The van der Waals surface area contributed by atoms with Crippen LogP contribution in [0.3, 0.4) is 0 Å². The maximum absolute atomic E-state index is 12.9. The van der Waals surface area contributed by atoms with Crippen LogP contribution in [0, 0.1) is 6.92 Å². The van der Waals surface area contributed by atoms with Crippen molar-refractivity contribution in [2.24, 2.45) is 4.99 Å². The van der Waals surface area contributed by atoms with Crippen molar-refractivity contribution >= 4 is 15.5 Å². The van der Waals surface area contributed by atoms with Crippen LogP contribution in [0.4, 0.5) is 0 Å². The van der Waals surface area contributed by atoms with Crippen LogP contribution >= 0.6 is 0 Å². The number of likely N-dealkylation sites (tertiary alicyclic amines) is 1. The normalized spacial score (nSPS) is 19.7. The lowest BCUT2D eigenvalue weighted by Crippen LogP contribution is -2.41. The van der Waals surface area contributed by atoms with E-state index in [1.54, 1.807) is 26.4 Å². The molecule has 7 heteroatoms. The highest BCUT2D eigenvalue weighted by Crippen LogP contribution is 2.42. The van der Waals surface area contributed by atoms with Crippen LogP contribution in [-0.2, 0) is 15.6 Å². The number of sulfone groups is 1. The molecule has 0 aromatic heterocycles. The summed E-state index contributed by atoms with van der Waals surface area (Å²) in [4.78, 5) is 7.91.